The van der Waals surface area contributed by atoms with Crippen molar-refractivity contribution in [3.63, 3.8) is 0 Å². The third-order valence-electron chi connectivity index (χ3n) is 6.57. The van der Waals surface area contributed by atoms with Gasteiger partial charge in [0.25, 0.3) is 11.8 Å². The van der Waals surface area contributed by atoms with Gasteiger partial charge in [-0.05, 0) is 44.1 Å². The highest BCUT2D eigenvalue weighted by Crippen LogP contribution is 2.33. The average molecular weight is 356 g/mol. The third-order valence-corrected chi connectivity index (χ3v) is 6.57. The molecule has 3 fully saturated rings. The Morgan fingerprint density at radius 1 is 1.04 bits per heavy atom. The van der Waals surface area contributed by atoms with Gasteiger partial charge in [0.05, 0.1) is 5.92 Å². The molecular formula is C21H28N2O3. The van der Waals surface area contributed by atoms with E-state index in [1.807, 2.05) is 4.90 Å². The average Bonchev–Trinajstić information content (AvgIpc) is 3.10. The highest BCUT2D eigenvalue weighted by atomic mass is 16.2. The number of Topliss-reactive ketones (excluding diaryl/α,β-unsaturated/α-hetero) is 1. The predicted octanol–water partition coefficient (Wildman–Crippen LogP) is 3.22. The van der Waals surface area contributed by atoms with Crippen molar-refractivity contribution >= 4 is 23.3 Å². The Kier molecular flexibility index (Phi) is 5.05. The zero-order chi connectivity index (χ0) is 18.1. The number of amides is 2. The zero-order valence-electron chi connectivity index (χ0n) is 15.4. The molecule has 0 N–H and O–H groups in total. The van der Waals surface area contributed by atoms with Crippen LogP contribution in [0.25, 0.3) is 0 Å². The van der Waals surface area contributed by atoms with E-state index in [0.29, 0.717) is 24.5 Å². The van der Waals surface area contributed by atoms with Crippen LogP contribution in [0.5, 0.6) is 0 Å². The van der Waals surface area contributed by atoms with Crippen molar-refractivity contribution in [2.45, 2.75) is 76.7 Å². The Labute approximate surface area is 154 Å². The highest BCUT2D eigenvalue weighted by molar-refractivity contribution is 6.26. The minimum absolute atomic E-state index is 0.0907. The molecule has 2 atom stereocenters. The summed E-state index contributed by atoms with van der Waals surface area (Å²) in [6, 6.07) is 0.242. The van der Waals surface area contributed by atoms with E-state index >= 15 is 0 Å². The quantitative estimate of drug-likeness (QED) is 0.729. The fourth-order valence-corrected chi connectivity index (χ4v) is 5.16. The molecule has 140 valence electrons. The number of rotatable bonds is 3. The van der Waals surface area contributed by atoms with Gasteiger partial charge in [-0.1, -0.05) is 32.1 Å². The van der Waals surface area contributed by atoms with Gasteiger partial charge in [-0.15, -0.1) is 0 Å². The van der Waals surface area contributed by atoms with E-state index in [9.17, 15) is 14.4 Å². The molecule has 4 rings (SSSR count). The summed E-state index contributed by atoms with van der Waals surface area (Å²) in [5.41, 5.74) is 0.785. The van der Waals surface area contributed by atoms with Crippen LogP contribution in [0.2, 0.25) is 0 Å². The number of fused-ring (bicyclic) bond motifs is 1. The Morgan fingerprint density at radius 2 is 1.85 bits per heavy atom. The van der Waals surface area contributed by atoms with Gasteiger partial charge in [0, 0.05) is 24.7 Å². The molecule has 2 aliphatic carbocycles. The monoisotopic (exact) mass is 356 g/mol. The number of dihydropyridines is 1. The first-order valence-corrected chi connectivity index (χ1v) is 10.3. The number of nitrogens with zero attached hydrogens (tertiary/aromatic N) is 2. The van der Waals surface area contributed by atoms with Crippen molar-refractivity contribution in [1.29, 1.82) is 0 Å². The molecule has 0 aromatic rings. The predicted molar refractivity (Wildman–Crippen MR) is 98.8 cm³/mol. The summed E-state index contributed by atoms with van der Waals surface area (Å²) in [7, 11) is 0. The Bertz CT molecular complexity index is 673. The second-order valence-electron chi connectivity index (χ2n) is 8.32. The number of ketones is 1. The highest BCUT2D eigenvalue weighted by Gasteiger charge is 2.38. The molecule has 2 amide bonds. The number of hydrogen-bond acceptors (Lipinski definition) is 3. The maximum absolute atomic E-state index is 13.1. The van der Waals surface area contributed by atoms with Crippen LogP contribution in [-0.2, 0) is 14.4 Å². The van der Waals surface area contributed by atoms with Crippen molar-refractivity contribution in [3.05, 3.63) is 11.6 Å². The summed E-state index contributed by atoms with van der Waals surface area (Å²) in [5, 5.41) is 0. The van der Waals surface area contributed by atoms with Crippen molar-refractivity contribution < 1.29 is 14.4 Å². The zero-order valence-corrected chi connectivity index (χ0v) is 15.4. The number of likely N-dealkylation sites (tertiary alicyclic amines) is 1. The normalized spacial score (nSPS) is 30.1. The van der Waals surface area contributed by atoms with Gasteiger partial charge in [-0.25, -0.2) is 4.99 Å². The smallest absolute Gasteiger partial charge is 0.282 e. The van der Waals surface area contributed by atoms with Crippen LogP contribution in [0, 0.1) is 11.8 Å². The standard InChI is InChI=1S/C21H28N2O3/c24-19-10-4-9-18-16(19)13-17(20(25)22-18)21(26)23-11-5-8-15(23)12-14-6-2-1-3-7-14/h13-16H,1-12H2. The van der Waals surface area contributed by atoms with Crippen LogP contribution in [-0.4, -0.2) is 40.8 Å². The maximum Gasteiger partial charge on any atom is 0.282 e. The second-order valence-corrected chi connectivity index (χ2v) is 8.32. The summed E-state index contributed by atoms with van der Waals surface area (Å²) >= 11 is 0. The molecular weight excluding hydrogens is 328 g/mol. The molecule has 0 spiro atoms. The summed E-state index contributed by atoms with van der Waals surface area (Å²) in [6.45, 7) is 0.718. The van der Waals surface area contributed by atoms with Crippen molar-refractivity contribution in [1.82, 2.24) is 4.90 Å². The van der Waals surface area contributed by atoms with E-state index in [1.165, 1.54) is 32.1 Å². The van der Waals surface area contributed by atoms with E-state index < -0.39 is 11.8 Å². The molecule has 0 bridgehead atoms. The Balaban J connectivity index is 1.49. The summed E-state index contributed by atoms with van der Waals surface area (Å²) < 4.78 is 0. The molecule has 0 radical (unpaired) electrons. The van der Waals surface area contributed by atoms with Crippen molar-refractivity contribution in [3.8, 4) is 0 Å². The third kappa shape index (κ3) is 3.40. The lowest BCUT2D eigenvalue weighted by Gasteiger charge is -2.31. The van der Waals surface area contributed by atoms with Gasteiger partial charge in [0.15, 0.2) is 0 Å². The van der Waals surface area contributed by atoms with Crippen LogP contribution < -0.4 is 0 Å². The number of carbonyl (C=O) groups is 3. The number of allylic oxidation sites excluding steroid dienone is 1. The van der Waals surface area contributed by atoms with Crippen molar-refractivity contribution in [2.24, 2.45) is 16.8 Å². The molecule has 26 heavy (non-hydrogen) atoms. The number of hydrogen-bond donors (Lipinski definition) is 0. The summed E-state index contributed by atoms with van der Waals surface area (Å²) in [4.78, 5) is 43.7. The maximum atomic E-state index is 13.1. The fraction of sp³-hybridized carbons (Fsp3) is 0.714. The minimum Gasteiger partial charge on any atom is -0.335 e. The minimum atomic E-state index is -0.445. The van der Waals surface area contributed by atoms with E-state index in [2.05, 4.69) is 4.99 Å². The molecule has 5 nitrogen and oxygen atoms in total. The first-order valence-electron chi connectivity index (χ1n) is 10.3. The van der Waals surface area contributed by atoms with Gasteiger partial charge >= 0.3 is 0 Å². The van der Waals surface area contributed by atoms with Crippen LogP contribution in [0.4, 0.5) is 0 Å². The van der Waals surface area contributed by atoms with E-state index in [0.717, 1.165) is 32.2 Å². The van der Waals surface area contributed by atoms with Gasteiger partial charge < -0.3 is 4.90 Å². The van der Waals surface area contributed by atoms with Gasteiger partial charge in [-0.3, -0.25) is 14.4 Å². The first-order chi connectivity index (χ1) is 12.6. The van der Waals surface area contributed by atoms with E-state index in [4.69, 9.17) is 0 Å². The van der Waals surface area contributed by atoms with Crippen LogP contribution in [0.3, 0.4) is 0 Å². The van der Waals surface area contributed by atoms with Gasteiger partial charge in [0.1, 0.15) is 11.4 Å². The molecule has 0 aromatic heterocycles. The molecule has 5 heteroatoms. The lowest BCUT2D eigenvalue weighted by molar-refractivity contribution is -0.130. The Morgan fingerprint density at radius 3 is 2.65 bits per heavy atom. The second kappa shape index (κ2) is 7.45. The first kappa shape index (κ1) is 17.6. The van der Waals surface area contributed by atoms with E-state index in [-0.39, 0.29) is 23.3 Å². The lowest BCUT2D eigenvalue weighted by atomic mass is 9.82. The SMILES string of the molecule is O=C1N=C2CCCC(=O)C2C=C1C(=O)N1CCCC1CC1CCCCC1. The van der Waals surface area contributed by atoms with Crippen LogP contribution >= 0.6 is 0 Å². The topological polar surface area (TPSA) is 66.8 Å². The van der Waals surface area contributed by atoms with Crippen LogP contribution in [0.15, 0.2) is 16.6 Å². The van der Waals surface area contributed by atoms with E-state index in [1.54, 1.807) is 6.08 Å². The summed E-state index contributed by atoms with van der Waals surface area (Å²) in [5.74, 6) is -0.288. The molecule has 4 aliphatic rings. The number of aliphatic imine (C=N–C) groups is 1. The molecule has 2 heterocycles. The van der Waals surface area contributed by atoms with Gasteiger partial charge in [-0.2, -0.15) is 0 Å². The summed E-state index contributed by atoms with van der Waals surface area (Å²) in [6.07, 6.45) is 13.1. The number of carbonyl (C=O) groups excluding carboxylic acids is 3. The molecule has 1 saturated heterocycles. The van der Waals surface area contributed by atoms with Gasteiger partial charge in [0.2, 0.25) is 0 Å². The van der Waals surface area contributed by atoms with Crippen LogP contribution in [0.1, 0.15) is 70.6 Å². The Hall–Kier alpha value is -1.78. The molecule has 2 unspecified atom stereocenters. The fourth-order valence-electron chi connectivity index (χ4n) is 5.16. The lowest BCUT2D eigenvalue weighted by Crippen LogP contribution is -2.41. The van der Waals surface area contributed by atoms with Crippen molar-refractivity contribution in [2.75, 3.05) is 6.54 Å². The molecule has 2 saturated carbocycles. The molecule has 2 aliphatic heterocycles. The largest absolute Gasteiger partial charge is 0.335 e. The molecule has 0 aromatic carbocycles.